The Morgan fingerprint density at radius 3 is 3.08 bits per heavy atom. The molecule has 0 bridgehead atoms. The Morgan fingerprint density at radius 2 is 2.54 bits per heavy atom. The third kappa shape index (κ3) is 1.88. The Bertz CT molecular complexity index is 315. The van der Waals surface area contributed by atoms with Crippen LogP contribution >= 0.6 is 0 Å². The van der Waals surface area contributed by atoms with Crippen LogP contribution in [0.15, 0.2) is 10.8 Å². The Morgan fingerprint density at radius 1 is 1.77 bits per heavy atom. The molecule has 4 heteroatoms. The highest BCUT2D eigenvalue weighted by Gasteiger charge is 2.29. The van der Waals surface area contributed by atoms with Gasteiger partial charge in [-0.1, -0.05) is 5.16 Å². The lowest BCUT2D eigenvalue weighted by atomic mass is 10.2. The summed E-state index contributed by atoms with van der Waals surface area (Å²) in [7, 11) is 0. The molecule has 0 saturated heterocycles. The minimum Gasteiger partial charge on any atom is -0.364 e. The average molecular weight is 180 g/mol. The van der Waals surface area contributed by atoms with E-state index in [4.69, 9.17) is 4.52 Å². The maximum atomic E-state index is 11.2. The van der Waals surface area contributed by atoms with Gasteiger partial charge < -0.3 is 9.84 Å². The van der Waals surface area contributed by atoms with Gasteiger partial charge in [0.05, 0.1) is 5.69 Å². The molecule has 70 valence electrons. The molecule has 0 unspecified atom stereocenters. The van der Waals surface area contributed by atoms with Gasteiger partial charge in [-0.05, 0) is 19.8 Å². The van der Waals surface area contributed by atoms with E-state index in [0.29, 0.717) is 6.54 Å². The number of hydrogen-bond acceptors (Lipinski definition) is 3. The van der Waals surface area contributed by atoms with Crippen LogP contribution in [-0.2, 0) is 11.3 Å². The van der Waals surface area contributed by atoms with Crippen LogP contribution in [0.2, 0.25) is 0 Å². The molecule has 2 rings (SSSR count). The molecule has 1 aliphatic carbocycles. The first-order valence-electron chi connectivity index (χ1n) is 4.45. The standard InChI is InChI=1S/C9H12N2O2/c1-6-8(5-13-11-6)4-10-9(12)7-2-3-7/h5,7H,2-4H2,1H3,(H,10,12). The first-order chi connectivity index (χ1) is 6.27. The van der Waals surface area contributed by atoms with Crippen molar-refractivity contribution in [2.45, 2.75) is 26.3 Å². The van der Waals surface area contributed by atoms with E-state index in [1.54, 1.807) is 6.26 Å². The molecule has 0 aromatic carbocycles. The highest BCUT2D eigenvalue weighted by atomic mass is 16.5. The monoisotopic (exact) mass is 180 g/mol. The zero-order chi connectivity index (χ0) is 9.26. The minimum absolute atomic E-state index is 0.153. The van der Waals surface area contributed by atoms with Gasteiger partial charge in [0.25, 0.3) is 0 Å². The molecule has 0 spiro atoms. The SMILES string of the molecule is Cc1nocc1CNC(=O)C1CC1. The summed E-state index contributed by atoms with van der Waals surface area (Å²) in [6, 6.07) is 0. The van der Waals surface area contributed by atoms with Crippen LogP contribution in [-0.4, -0.2) is 11.1 Å². The van der Waals surface area contributed by atoms with Crippen molar-refractivity contribution in [2.24, 2.45) is 5.92 Å². The molecule has 0 atom stereocenters. The number of hydrogen-bond donors (Lipinski definition) is 1. The van der Waals surface area contributed by atoms with Crippen molar-refractivity contribution < 1.29 is 9.32 Å². The van der Waals surface area contributed by atoms with Crippen molar-refractivity contribution in [3.05, 3.63) is 17.5 Å². The topological polar surface area (TPSA) is 55.1 Å². The summed E-state index contributed by atoms with van der Waals surface area (Å²) in [6.45, 7) is 2.40. The van der Waals surface area contributed by atoms with Crippen molar-refractivity contribution in [1.29, 1.82) is 0 Å². The Kier molecular flexibility index (Phi) is 2.04. The van der Waals surface area contributed by atoms with E-state index in [9.17, 15) is 4.79 Å². The van der Waals surface area contributed by atoms with Crippen molar-refractivity contribution in [3.63, 3.8) is 0 Å². The van der Waals surface area contributed by atoms with Gasteiger partial charge >= 0.3 is 0 Å². The molecule has 1 N–H and O–H groups in total. The van der Waals surface area contributed by atoms with Gasteiger partial charge in [0.2, 0.25) is 5.91 Å². The molecule has 1 amide bonds. The van der Waals surface area contributed by atoms with Gasteiger partial charge in [-0.2, -0.15) is 0 Å². The number of aryl methyl sites for hydroxylation is 1. The number of amides is 1. The van der Waals surface area contributed by atoms with E-state index < -0.39 is 0 Å². The molecule has 4 nitrogen and oxygen atoms in total. The molecule has 1 fully saturated rings. The van der Waals surface area contributed by atoms with Gasteiger partial charge in [-0.25, -0.2) is 0 Å². The van der Waals surface area contributed by atoms with Crippen LogP contribution in [0.1, 0.15) is 24.1 Å². The zero-order valence-electron chi connectivity index (χ0n) is 7.54. The molecule has 0 aliphatic heterocycles. The van der Waals surface area contributed by atoms with Crippen LogP contribution in [0.4, 0.5) is 0 Å². The first-order valence-corrected chi connectivity index (χ1v) is 4.45. The lowest BCUT2D eigenvalue weighted by Crippen LogP contribution is -2.24. The second-order valence-electron chi connectivity index (χ2n) is 3.42. The fourth-order valence-electron chi connectivity index (χ4n) is 1.15. The van der Waals surface area contributed by atoms with E-state index in [2.05, 4.69) is 10.5 Å². The van der Waals surface area contributed by atoms with Crippen LogP contribution in [0.3, 0.4) is 0 Å². The lowest BCUT2D eigenvalue weighted by Gasteiger charge is -2.00. The van der Waals surface area contributed by atoms with Gasteiger partial charge in [0.1, 0.15) is 6.26 Å². The number of nitrogens with one attached hydrogen (secondary N) is 1. The maximum absolute atomic E-state index is 11.2. The predicted molar refractivity (Wildman–Crippen MR) is 45.8 cm³/mol. The smallest absolute Gasteiger partial charge is 0.223 e. The number of rotatable bonds is 3. The summed E-state index contributed by atoms with van der Waals surface area (Å²) in [5.41, 5.74) is 1.80. The molecular formula is C9H12N2O2. The third-order valence-electron chi connectivity index (χ3n) is 2.25. The van der Waals surface area contributed by atoms with Crippen LogP contribution in [0.5, 0.6) is 0 Å². The number of carbonyl (C=O) groups excluding carboxylic acids is 1. The predicted octanol–water partition coefficient (Wildman–Crippen LogP) is 1.01. The van der Waals surface area contributed by atoms with Crippen LogP contribution in [0, 0.1) is 12.8 Å². The summed E-state index contributed by atoms with van der Waals surface area (Å²) >= 11 is 0. The van der Waals surface area contributed by atoms with E-state index in [1.807, 2.05) is 6.92 Å². The van der Waals surface area contributed by atoms with E-state index in [0.717, 1.165) is 24.1 Å². The fraction of sp³-hybridized carbons (Fsp3) is 0.556. The second kappa shape index (κ2) is 3.20. The second-order valence-corrected chi connectivity index (χ2v) is 3.42. The molecule has 1 heterocycles. The summed E-state index contributed by atoms with van der Waals surface area (Å²) in [5.74, 6) is 0.417. The molecular weight excluding hydrogens is 168 g/mol. The third-order valence-corrected chi connectivity index (χ3v) is 2.25. The van der Waals surface area contributed by atoms with E-state index >= 15 is 0 Å². The first kappa shape index (κ1) is 8.29. The van der Waals surface area contributed by atoms with Gasteiger partial charge in [0.15, 0.2) is 0 Å². The fourth-order valence-corrected chi connectivity index (χ4v) is 1.15. The summed E-state index contributed by atoms with van der Waals surface area (Å²) in [5, 5.41) is 6.58. The van der Waals surface area contributed by atoms with Crippen molar-refractivity contribution >= 4 is 5.91 Å². The van der Waals surface area contributed by atoms with Gasteiger partial charge in [-0.3, -0.25) is 4.79 Å². The molecule has 1 aromatic heterocycles. The van der Waals surface area contributed by atoms with Crippen LogP contribution in [0.25, 0.3) is 0 Å². The van der Waals surface area contributed by atoms with E-state index in [1.165, 1.54) is 0 Å². The average Bonchev–Trinajstić information content (AvgIpc) is 2.88. The number of nitrogens with zero attached hydrogens (tertiary/aromatic N) is 1. The largest absolute Gasteiger partial charge is 0.364 e. The Balaban J connectivity index is 1.85. The van der Waals surface area contributed by atoms with Crippen LogP contribution < -0.4 is 5.32 Å². The van der Waals surface area contributed by atoms with Gasteiger partial charge in [0, 0.05) is 18.0 Å². The summed E-state index contributed by atoms with van der Waals surface area (Å²) < 4.78 is 4.75. The van der Waals surface area contributed by atoms with Gasteiger partial charge in [-0.15, -0.1) is 0 Å². The lowest BCUT2D eigenvalue weighted by molar-refractivity contribution is -0.122. The van der Waals surface area contributed by atoms with E-state index in [-0.39, 0.29) is 11.8 Å². The molecule has 0 radical (unpaired) electrons. The molecule has 1 aromatic rings. The highest BCUT2D eigenvalue weighted by molar-refractivity contribution is 5.80. The summed E-state index contributed by atoms with van der Waals surface area (Å²) in [4.78, 5) is 11.2. The molecule has 13 heavy (non-hydrogen) atoms. The van der Waals surface area contributed by atoms with Crippen molar-refractivity contribution in [1.82, 2.24) is 10.5 Å². The maximum Gasteiger partial charge on any atom is 0.223 e. The number of carbonyl (C=O) groups is 1. The highest BCUT2D eigenvalue weighted by Crippen LogP contribution is 2.28. The Hall–Kier alpha value is -1.32. The number of aromatic nitrogens is 1. The quantitative estimate of drug-likeness (QED) is 0.755. The Labute approximate surface area is 76.3 Å². The molecule has 1 aliphatic rings. The zero-order valence-corrected chi connectivity index (χ0v) is 7.54. The molecule has 1 saturated carbocycles. The van der Waals surface area contributed by atoms with Crippen molar-refractivity contribution in [3.8, 4) is 0 Å². The summed E-state index contributed by atoms with van der Waals surface area (Å²) in [6.07, 6.45) is 3.64. The normalized spacial score (nSPS) is 15.8. The van der Waals surface area contributed by atoms with Crippen molar-refractivity contribution in [2.75, 3.05) is 0 Å². The minimum atomic E-state index is 0.153.